The van der Waals surface area contributed by atoms with E-state index in [9.17, 15) is 4.79 Å². The number of aromatic nitrogens is 2. The van der Waals surface area contributed by atoms with E-state index in [-0.39, 0.29) is 5.91 Å². The first-order chi connectivity index (χ1) is 15.4. The van der Waals surface area contributed by atoms with E-state index >= 15 is 0 Å². The molecule has 3 aromatic rings. The number of hydrogen-bond donors (Lipinski definition) is 0. The third-order valence-electron chi connectivity index (χ3n) is 5.80. The molecule has 32 heavy (non-hydrogen) atoms. The van der Waals surface area contributed by atoms with Gasteiger partial charge in [0.15, 0.2) is 0 Å². The number of amides is 1. The lowest BCUT2D eigenvalue weighted by molar-refractivity contribution is 0.0746. The SMILES string of the molecule is COc1ccc(C(=O)N2CCN(c3nc(C)nc(C)c3Cc3ccc(Cl)cc3)CC2)cc1. The molecule has 2 aromatic carbocycles. The van der Waals surface area contributed by atoms with E-state index in [1.54, 1.807) is 7.11 Å². The Kier molecular flexibility index (Phi) is 6.61. The van der Waals surface area contributed by atoms with Gasteiger partial charge in [0.25, 0.3) is 5.91 Å². The predicted octanol–water partition coefficient (Wildman–Crippen LogP) is 4.31. The standard InChI is InChI=1S/C25H27ClN4O2/c1-17-23(16-19-4-8-21(26)9-5-19)24(28-18(2)27-17)29-12-14-30(15-13-29)25(31)20-6-10-22(32-3)11-7-20/h4-11H,12-16H2,1-3H3. The Morgan fingerprint density at radius 3 is 2.25 bits per heavy atom. The van der Waals surface area contributed by atoms with Crippen LogP contribution in [0.25, 0.3) is 0 Å². The van der Waals surface area contributed by atoms with Gasteiger partial charge in [-0.05, 0) is 55.8 Å². The molecule has 0 aliphatic carbocycles. The highest BCUT2D eigenvalue weighted by atomic mass is 35.5. The average molecular weight is 451 g/mol. The van der Waals surface area contributed by atoms with Crippen LogP contribution in [0.5, 0.6) is 5.75 Å². The first kappa shape index (κ1) is 22.1. The fraction of sp³-hybridized carbons (Fsp3) is 0.320. The number of ether oxygens (including phenoxy) is 1. The van der Waals surface area contributed by atoms with Gasteiger partial charge in [0.1, 0.15) is 17.4 Å². The second kappa shape index (κ2) is 9.57. The Hall–Kier alpha value is -3.12. The van der Waals surface area contributed by atoms with Crippen molar-refractivity contribution in [1.29, 1.82) is 0 Å². The molecule has 1 saturated heterocycles. The van der Waals surface area contributed by atoms with Gasteiger partial charge in [0, 0.05) is 54.4 Å². The van der Waals surface area contributed by atoms with Gasteiger partial charge in [-0.3, -0.25) is 4.79 Å². The number of methoxy groups -OCH3 is 1. The Balaban J connectivity index is 1.50. The Bertz CT molecular complexity index is 1090. The lowest BCUT2D eigenvalue weighted by Gasteiger charge is -2.36. The molecule has 0 atom stereocenters. The monoisotopic (exact) mass is 450 g/mol. The highest BCUT2D eigenvalue weighted by Crippen LogP contribution is 2.26. The first-order valence-electron chi connectivity index (χ1n) is 10.7. The van der Waals surface area contributed by atoms with Crippen molar-refractivity contribution in [3.05, 3.63) is 81.8 Å². The van der Waals surface area contributed by atoms with Crippen LogP contribution in [0.3, 0.4) is 0 Å². The number of benzene rings is 2. The van der Waals surface area contributed by atoms with Crippen LogP contribution in [0.15, 0.2) is 48.5 Å². The zero-order chi connectivity index (χ0) is 22.7. The molecular formula is C25H27ClN4O2. The quantitative estimate of drug-likeness (QED) is 0.579. The van der Waals surface area contributed by atoms with Crippen LogP contribution in [0, 0.1) is 13.8 Å². The molecule has 0 N–H and O–H groups in total. The fourth-order valence-corrected chi connectivity index (χ4v) is 4.16. The largest absolute Gasteiger partial charge is 0.497 e. The zero-order valence-electron chi connectivity index (χ0n) is 18.6. The molecule has 7 heteroatoms. The molecule has 0 bridgehead atoms. The van der Waals surface area contributed by atoms with Crippen LogP contribution in [0.4, 0.5) is 5.82 Å². The highest BCUT2D eigenvalue weighted by Gasteiger charge is 2.25. The van der Waals surface area contributed by atoms with E-state index in [0.717, 1.165) is 53.2 Å². The molecule has 4 rings (SSSR count). The molecule has 1 aliphatic heterocycles. The molecule has 6 nitrogen and oxygen atoms in total. The average Bonchev–Trinajstić information content (AvgIpc) is 2.81. The molecule has 1 aliphatic rings. The summed E-state index contributed by atoms with van der Waals surface area (Å²) in [4.78, 5) is 26.5. The van der Waals surface area contributed by atoms with Crippen molar-refractivity contribution in [2.45, 2.75) is 20.3 Å². The predicted molar refractivity (Wildman–Crippen MR) is 127 cm³/mol. The van der Waals surface area contributed by atoms with E-state index in [0.29, 0.717) is 18.7 Å². The normalized spacial score (nSPS) is 13.9. The fourth-order valence-electron chi connectivity index (χ4n) is 4.03. The molecule has 0 spiro atoms. The molecule has 166 valence electrons. The van der Waals surface area contributed by atoms with Crippen LogP contribution in [-0.2, 0) is 6.42 Å². The number of aryl methyl sites for hydroxylation is 2. The third kappa shape index (κ3) is 4.86. The van der Waals surface area contributed by atoms with Crippen LogP contribution in [-0.4, -0.2) is 54.1 Å². The lowest BCUT2D eigenvalue weighted by atomic mass is 10.0. The third-order valence-corrected chi connectivity index (χ3v) is 6.05. The van der Waals surface area contributed by atoms with Gasteiger partial charge in [0.05, 0.1) is 7.11 Å². The number of carbonyl (C=O) groups is 1. The van der Waals surface area contributed by atoms with E-state index < -0.39 is 0 Å². The maximum atomic E-state index is 12.9. The summed E-state index contributed by atoms with van der Waals surface area (Å²) >= 11 is 6.05. The molecule has 1 aromatic heterocycles. The van der Waals surface area contributed by atoms with Crippen LogP contribution >= 0.6 is 11.6 Å². The lowest BCUT2D eigenvalue weighted by Crippen LogP contribution is -2.49. The molecule has 1 amide bonds. The highest BCUT2D eigenvalue weighted by molar-refractivity contribution is 6.30. The summed E-state index contributed by atoms with van der Waals surface area (Å²) in [5.41, 5.74) is 3.95. The number of carbonyl (C=O) groups excluding carboxylic acids is 1. The smallest absolute Gasteiger partial charge is 0.253 e. The van der Waals surface area contributed by atoms with E-state index in [2.05, 4.69) is 9.88 Å². The zero-order valence-corrected chi connectivity index (χ0v) is 19.4. The summed E-state index contributed by atoms with van der Waals surface area (Å²) in [6.45, 7) is 6.70. The second-order valence-electron chi connectivity index (χ2n) is 7.97. The molecule has 1 fully saturated rings. The summed E-state index contributed by atoms with van der Waals surface area (Å²) in [6, 6.07) is 15.2. The number of halogens is 1. The van der Waals surface area contributed by atoms with Crippen LogP contribution in [0.2, 0.25) is 5.02 Å². The summed E-state index contributed by atoms with van der Waals surface area (Å²) in [6.07, 6.45) is 0.740. The summed E-state index contributed by atoms with van der Waals surface area (Å²) in [7, 11) is 1.62. The van der Waals surface area contributed by atoms with Gasteiger partial charge in [-0.25, -0.2) is 9.97 Å². The van der Waals surface area contributed by atoms with Crippen molar-refractivity contribution in [3.63, 3.8) is 0 Å². The minimum absolute atomic E-state index is 0.0451. The van der Waals surface area contributed by atoms with Gasteiger partial charge in [-0.15, -0.1) is 0 Å². The molecule has 2 heterocycles. The maximum Gasteiger partial charge on any atom is 0.253 e. The van der Waals surface area contributed by atoms with Gasteiger partial charge in [-0.1, -0.05) is 23.7 Å². The summed E-state index contributed by atoms with van der Waals surface area (Å²) in [5, 5.41) is 0.725. The second-order valence-corrected chi connectivity index (χ2v) is 8.41. The van der Waals surface area contributed by atoms with Gasteiger partial charge in [-0.2, -0.15) is 0 Å². The Morgan fingerprint density at radius 2 is 1.62 bits per heavy atom. The summed E-state index contributed by atoms with van der Waals surface area (Å²) in [5.74, 6) is 2.51. The number of hydrogen-bond acceptors (Lipinski definition) is 5. The van der Waals surface area contributed by atoms with Crippen molar-refractivity contribution >= 4 is 23.3 Å². The molecule has 0 radical (unpaired) electrons. The first-order valence-corrected chi connectivity index (χ1v) is 11.1. The molecule has 0 saturated carbocycles. The van der Waals surface area contributed by atoms with E-state index in [1.807, 2.05) is 67.3 Å². The van der Waals surface area contributed by atoms with Crippen molar-refractivity contribution in [2.24, 2.45) is 0 Å². The molecular weight excluding hydrogens is 424 g/mol. The minimum Gasteiger partial charge on any atom is -0.497 e. The minimum atomic E-state index is 0.0451. The van der Waals surface area contributed by atoms with Gasteiger partial charge < -0.3 is 14.5 Å². The van der Waals surface area contributed by atoms with Crippen molar-refractivity contribution < 1.29 is 9.53 Å². The number of rotatable bonds is 5. The Labute approximate surface area is 193 Å². The van der Waals surface area contributed by atoms with Crippen LogP contribution in [0.1, 0.15) is 33.0 Å². The summed E-state index contributed by atoms with van der Waals surface area (Å²) < 4.78 is 5.19. The Morgan fingerprint density at radius 1 is 0.969 bits per heavy atom. The van der Waals surface area contributed by atoms with Crippen LogP contribution < -0.4 is 9.64 Å². The van der Waals surface area contributed by atoms with Crippen molar-refractivity contribution in [2.75, 3.05) is 38.2 Å². The maximum absolute atomic E-state index is 12.9. The number of anilines is 1. The van der Waals surface area contributed by atoms with E-state index in [4.69, 9.17) is 21.3 Å². The van der Waals surface area contributed by atoms with E-state index in [1.165, 1.54) is 5.56 Å². The van der Waals surface area contributed by atoms with Crippen molar-refractivity contribution in [3.8, 4) is 5.75 Å². The van der Waals surface area contributed by atoms with Crippen molar-refractivity contribution in [1.82, 2.24) is 14.9 Å². The number of nitrogens with zero attached hydrogens (tertiary/aromatic N) is 4. The molecule has 0 unspecified atom stereocenters. The van der Waals surface area contributed by atoms with Gasteiger partial charge in [0.2, 0.25) is 0 Å². The topological polar surface area (TPSA) is 58.6 Å². The number of piperazine rings is 1. The van der Waals surface area contributed by atoms with Gasteiger partial charge >= 0.3 is 0 Å².